The highest BCUT2D eigenvalue weighted by molar-refractivity contribution is 7.16. The molecular formula is C17H18N4O2S2. The molecule has 3 rings (SSSR count). The van der Waals surface area contributed by atoms with E-state index in [0.29, 0.717) is 29.1 Å². The number of nitrogens with two attached hydrogens (primary N) is 1. The van der Waals surface area contributed by atoms with Crippen molar-refractivity contribution in [2.75, 3.05) is 19.5 Å². The Morgan fingerprint density at radius 3 is 2.56 bits per heavy atom. The van der Waals surface area contributed by atoms with Crippen LogP contribution in [-0.2, 0) is 6.54 Å². The van der Waals surface area contributed by atoms with Gasteiger partial charge in [0.1, 0.15) is 11.5 Å². The lowest BCUT2D eigenvalue weighted by Gasteiger charge is -2.11. The molecule has 130 valence electrons. The minimum absolute atomic E-state index is 0.292. The number of thiophene rings is 1. The zero-order valence-electron chi connectivity index (χ0n) is 13.9. The summed E-state index contributed by atoms with van der Waals surface area (Å²) in [7, 11) is 3.23. The van der Waals surface area contributed by atoms with Crippen LogP contribution in [0.2, 0.25) is 0 Å². The molecule has 2 heterocycles. The first-order valence-corrected chi connectivity index (χ1v) is 9.23. The zero-order valence-corrected chi connectivity index (χ0v) is 15.5. The van der Waals surface area contributed by atoms with Crippen LogP contribution in [0.1, 0.15) is 5.56 Å². The van der Waals surface area contributed by atoms with Crippen molar-refractivity contribution in [1.29, 1.82) is 0 Å². The summed E-state index contributed by atoms with van der Waals surface area (Å²) in [6, 6.07) is 9.64. The van der Waals surface area contributed by atoms with E-state index in [1.165, 1.54) is 11.3 Å². The largest absolute Gasteiger partial charge is 0.496 e. The molecule has 0 saturated heterocycles. The van der Waals surface area contributed by atoms with Gasteiger partial charge in [-0.05, 0) is 23.6 Å². The number of nitrogens with zero attached hydrogens (tertiary/aromatic N) is 2. The average molecular weight is 374 g/mol. The van der Waals surface area contributed by atoms with Crippen molar-refractivity contribution in [2.24, 2.45) is 10.7 Å². The quantitative estimate of drug-likeness (QED) is 0.506. The third-order valence-electron chi connectivity index (χ3n) is 3.45. The molecule has 0 aliphatic heterocycles. The maximum absolute atomic E-state index is 5.99. The SMILES string of the molecule is COc1cccc(OC)c1CN=C(N)Nc1nc(-c2cccs2)cs1. The fourth-order valence-electron chi connectivity index (χ4n) is 2.27. The fraction of sp³-hybridized carbons (Fsp3) is 0.176. The normalized spacial score (nSPS) is 11.4. The van der Waals surface area contributed by atoms with Gasteiger partial charge in [-0.25, -0.2) is 9.98 Å². The Kier molecular flexibility index (Phi) is 5.52. The number of rotatable bonds is 6. The fourth-order valence-corrected chi connectivity index (χ4v) is 3.74. The van der Waals surface area contributed by atoms with E-state index in [2.05, 4.69) is 15.3 Å². The molecule has 0 atom stereocenters. The van der Waals surface area contributed by atoms with Crippen molar-refractivity contribution in [3.05, 3.63) is 46.7 Å². The molecule has 0 aliphatic carbocycles. The Bertz CT molecular complexity index is 837. The number of hydrogen-bond acceptors (Lipinski definition) is 6. The summed E-state index contributed by atoms with van der Waals surface area (Å²) in [6.45, 7) is 0.342. The van der Waals surface area contributed by atoms with Gasteiger partial charge in [-0.15, -0.1) is 22.7 Å². The van der Waals surface area contributed by atoms with Crippen molar-refractivity contribution >= 4 is 33.8 Å². The third-order valence-corrected chi connectivity index (χ3v) is 5.10. The molecule has 0 amide bonds. The zero-order chi connectivity index (χ0) is 17.6. The van der Waals surface area contributed by atoms with Gasteiger partial charge in [0, 0.05) is 5.38 Å². The Hall–Kier alpha value is -2.58. The van der Waals surface area contributed by atoms with Gasteiger partial charge in [0.05, 0.1) is 36.9 Å². The van der Waals surface area contributed by atoms with Crippen LogP contribution in [0.4, 0.5) is 5.13 Å². The predicted octanol–water partition coefficient (Wildman–Crippen LogP) is 3.82. The lowest BCUT2D eigenvalue weighted by molar-refractivity contribution is 0.385. The summed E-state index contributed by atoms with van der Waals surface area (Å²) in [5, 5.41) is 7.75. The van der Waals surface area contributed by atoms with Gasteiger partial charge in [0.2, 0.25) is 0 Å². The molecule has 0 spiro atoms. The first-order chi connectivity index (χ1) is 12.2. The number of nitrogens with one attached hydrogen (secondary N) is 1. The predicted molar refractivity (Wildman–Crippen MR) is 104 cm³/mol. The van der Waals surface area contributed by atoms with Gasteiger partial charge in [-0.1, -0.05) is 12.1 Å². The summed E-state index contributed by atoms with van der Waals surface area (Å²) in [6.07, 6.45) is 0. The molecular weight excluding hydrogens is 356 g/mol. The number of benzene rings is 1. The molecule has 0 aliphatic rings. The van der Waals surface area contributed by atoms with Crippen LogP contribution < -0.4 is 20.5 Å². The second-order valence-electron chi connectivity index (χ2n) is 4.98. The highest BCUT2D eigenvalue weighted by atomic mass is 32.1. The van der Waals surface area contributed by atoms with Gasteiger partial charge < -0.3 is 20.5 Å². The molecule has 25 heavy (non-hydrogen) atoms. The first-order valence-electron chi connectivity index (χ1n) is 7.47. The summed E-state index contributed by atoms with van der Waals surface area (Å²) >= 11 is 3.14. The van der Waals surface area contributed by atoms with Crippen molar-refractivity contribution in [1.82, 2.24) is 4.98 Å². The molecule has 3 N–H and O–H groups in total. The van der Waals surface area contributed by atoms with Gasteiger partial charge in [0.15, 0.2) is 11.1 Å². The second kappa shape index (κ2) is 8.00. The molecule has 2 aromatic heterocycles. The molecule has 0 radical (unpaired) electrons. The lowest BCUT2D eigenvalue weighted by atomic mass is 10.2. The van der Waals surface area contributed by atoms with Crippen LogP contribution >= 0.6 is 22.7 Å². The number of thiazole rings is 1. The summed E-state index contributed by atoms with van der Waals surface area (Å²) in [5.74, 6) is 1.72. The Labute approximate surface area is 154 Å². The van der Waals surface area contributed by atoms with E-state index in [9.17, 15) is 0 Å². The van der Waals surface area contributed by atoms with E-state index in [1.54, 1.807) is 25.6 Å². The van der Waals surface area contributed by atoms with Crippen LogP contribution in [-0.4, -0.2) is 25.2 Å². The van der Waals surface area contributed by atoms with Crippen molar-refractivity contribution < 1.29 is 9.47 Å². The van der Waals surface area contributed by atoms with Gasteiger partial charge in [0.25, 0.3) is 0 Å². The lowest BCUT2D eigenvalue weighted by Crippen LogP contribution is -2.22. The molecule has 0 fully saturated rings. The monoisotopic (exact) mass is 374 g/mol. The van der Waals surface area contributed by atoms with Crippen LogP contribution in [0.15, 0.2) is 46.1 Å². The standard InChI is InChI=1S/C17H18N4O2S2/c1-22-13-5-3-6-14(23-2)11(13)9-19-16(18)21-17-20-12(10-25-17)15-7-4-8-24-15/h3-8,10H,9H2,1-2H3,(H3,18,19,20,21). The molecule has 8 heteroatoms. The molecule has 0 saturated carbocycles. The first kappa shape index (κ1) is 17.2. The number of hydrogen-bond donors (Lipinski definition) is 2. The van der Waals surface area contributed by atoms with Crippen molar-refractivity contribution in [2.45, 2.75) is 6.54 Å². The van der Waals surface area contributed by atoms with Crippen LogP contribution in [0.25, 0.3) is 10.6 Å². The van der Waals surface area contributed by atoms with E-state index >= 15 is 0 Å². The highest BCUT2D eigenvalue weighted by Crippen LogP contribution is 2.29. The van der Waals surface area contributed by atoms with E-state index in [4.69, 9.17) is 15.2 Å². The number of ether oxygens (including phenoxy) is 2. The van der Waals surface area contributed by atoms with E-state index in [1.807, 2.05) is 41.1 Å². The van der Waals surface area contributed by atoms with Crippen LogP contribution in [0.5, 0.6) is 11.5 Å². The number of aromatic nitrogens is 1. The Morgan fingerprint density at radius 1 is 1.16 bits per heavy atom. The smallest absolute Gasteiger partial charge is 0.195 e. The summed E-state index contributed by atoms with van der Waals surface area (Å²) < 4.78 is 10.7. The van der Waals surface area contributed by atoms with Gasteiger partial charge in [-0.2, -0.15) is 0 Å². The summed E-state index contributed by atoms with van der Waals surface area (Å²) in [4.78, 5) is 10.0. The number of guanidine groups is 1. The topological polar surface area (TPSA) is 81.8 Å². The molecule has 6 nitrogen and oxygen atoms in total. The molecule has 3 aromatic rings. The van der Waals surface area contributed by atoms with Crippen molar-refractivity contribution in [3.63, 3.8) is 0 Å². The minimum Gasteiger partial charge on any atom is -0.496 e. The Morgan fingerprint density at radius 2 is 1.92 bits per heavy atom. The molecule has 0 unspecified atom stereocenters. The van der Waals surface area contributed by atoms with Crippen LogP contribution in [0.3, 0.4) is 0 Å². The highest BCUT2D eigenvalue weighted by Gasteiger charge is 2.10. The number of anilines is 1. The maximum atomic E-state index is 5.99. The van der Waals surface area contributed by atoms with Gasteiger partial charge >= 0.3 is 0 Å². The van der Waals surface area contributed by atoms with E-state index in [0.717, 1.165) is 16.1 Å². The number of methoxy groups -OCH3 is 2. The van der Waals surface area contributed by atoms with Gasteiger partial charge in [-0.3, -0.25) is 0 Å². The second-order valence-corrected chi connectivity index (χ2v) is 6.79. The summed E-state index contributed by atoms with van der Waals surface area (Å²) in [5.41, 5.74) is 7.77. The molecule has 0 bridgehead atoms. The minimum atomic E-state index is 0.292. The molecule has 1 aromatic carbocycles. The number of aliphatic imine (C=N–C) groups is 1. The third kappa shape index (κ3) is 4.09. The maximum Gasteiger partial charge on any atom is 0.195 e. The average Bonchev–Trinajstić information content (AvgIpc) is 3.31. The van der Waals surface area contributed by atoms with Crippen LogP contribution in [0, 0.1) is 0 Å². The van der Waals surface area contributed by atoms with E-state index in [-0.39, 0.29) is 0 Å². The van der Waals surface area contributed by atoms with E-state index < -0.39 is 0 Å². The Balaban J connectivity index is 1.71. The van der Waals surface area contributed by atoms with Crippen molar-refractivity contribution in [3.8, 4) is 22.1 Å².